The van der Waals surface area contributed by atoms with Crippen LogP contribution in [0.4, 0.5) is 10.2 Å². The number of anilines is 1. The van der Waals surface area contributed by atoms with E-state index in [0.29, 0.717) is 6.42 Å². The van der Waals surface area contributed by atoms with Crippen molar-refractivity contribution >= 4 is 17.0 Å². The van der Waals surface area contributed by atoms with Crippen molar-refractivity contribution in [1.29, 1.82) is 0 Å². The van der Waals surface area contributed by atoms with Crippen LogP contribution in [0.25, 0.3) is 11.2 Å². The number of imidazole rings is 1. The summed E-state index contributed by atoms with van der Waals surface area (Å²) < 4.78 is 20.6. The first-order valence-corrected chi connectivity index (χ1v) is 7.66. The summed E-state index contributed by atoms with van der Waals surface area (Å²) in [6.45, 7) is 0. The van der Waals surface area contributed by atoms with Crippen LogP contribution in [-0.2, 0) is 11.2 Å². The quantitative estimate of drug-likeness (QED) is 0.581. The van der Waals surface area contributed by atoms with Gasteiger partial charge in [-0.3, -0.25) is 4.57 Å². The Morgan fingerprint density at radius 3 is 2.76 bits per heavy atom. The van der Waals surface area contributed by atoms with Gasteiger partial charge in [0.05, 0.1) is 12.4 Å². The van der Waals surface area contributed by atoms with Crippen molar-refractivity contribution in [2.75, 3.05) is 5.73 Å². The fourth-order valence-corrected chi connectivity index (χ4v) is 3.01. The van der Waals surface area contributed by atoms with E-state index < -0.39 is 30.6 Å². The minimum Gasteiger partial charge on any atom is -0.388 e. The van der Waals surface area contributed by atoms with E-state index in [1.54, 1.807) is 12.1 Å². The molecule has 4 atom stereocenters. The van der Waals surface area contributed by atoms with Crippen LogP contribution in [0.2, 0.25) is 0 Å². The fraction of sp³-hybridized carbons (Fsp3) is 0.312. The van der Waals surface area contributed by atoms with E-state index >= 15 is 0 Å². The molecule has 1 radical (unpaired) electrons. The van der Waals surface area contributed by atoms with Crippen LogP contribution in [0.15, 0.2) is 30.6 Å². The Morgan fingerprint density at radius 2 is 2.00 bits per heavy atom. The maximum absolute atomic E-state index is 13.5. The molecule has 1 aromatic carbocycles. The summed E-state index contributed by atoms with van der Waals surface area (Å²) in [5, 5.41) is 20.7. The zero-order valence-electron chi connectivity index (χ0n) is 13.0. The van der Waals surface area contributed by atoms with Gasteiger partial charge in [0.25, 0.3) is 0 Å². The number of nitrogen functional groups attached to an aromatic ring is 1. The lowest BCUT2D eigenvalue weighted by Gasteiger charge is -2.16. The van der Waals surface area contributed by atoms with Gasteiger partial charge in [0.2, 0.25) is 0 Å². The molecule has 129 valence electrons. The Labute approximate surface area is 141 Å². The first-order chi connectivity index (χ1) is 12.0. The lowest BCUT2D eigenvalue weighted by molar-refractivity contribution is -0.0345. The summed E-state index contributed by atoms with van der Waals surface area (Å²) in [6, 6.07) is 10.1. The van der Waals surface area contributed by atoms with Crippen molar-refractivity contribution in [1.82, 2.24) is 19.5 Å². The van der Waals surface area contributed by atoms with Crippen LogP contribution in [0.3, 0.4) is 0 Å². The van der Waals surface area contributed by atoms with Gasteiger partial charge in [0.15, 0.2) is 23.2 Å². The van der Waals surface area contributed by atoms with Crippen molar-refractivity contribution in [3.8, 4) is 0 Å². The lowest BCUT2D eigenvalue weighted by atomic mass is 10.0. The predicted octanol–water partition coefficient (Wildman–Crippen LogP) is 0.210. The SMILES string of the molecule is Nc1nc(F)nc2c1ncn2C1O[C@H](Cc2cc[c]cc2)[C@H](O)[C@@H]1O. The standard InChI is InChI=1S/C16H15FN5O3/c17-16-20-13(18)10-14(21-16)22(7-19-10)15-12(24)11(23)9(25-15)6-8-4-2-1-3-5-8/h2-5,7,9,11-12,15,23-24H,6H2,(H2,18,20,21)/t9-,11+,12+,15?/m1/s1. The minimum absolute atomic E-state index is 0.0937. The number of aliphatic hydroxyl groups is 2. The molecule has 1 saturated heterocycles. The highest BCUT2D eigenvalue weighted by Crippen LogP contribution is 2.33. The second-order valence-corrected chi connectivity index (χ2v) is 5.86. The second-order valence-electron chi connectivity index (χ2n) is 5.86. The number of hydrogen-bond acceptors (Lipinski definition) is 7. The largest absolute Gasteiger partial charge is 0.388 e. The van der Waals surface area contributed by atoms with Crippen LogP contribution < -0.4 is 5.73 Å². The number of ether oxygens (including phenoxy) is 1. The number of aliphatic hydroxyl groups excluding tert-OH is 2. The Bertz CT molecular complexity index is 903. The van der Waals surface area contributed by atoms with E-state index in [1.165, 1.54) is 10.9 Å². The van der Waals surface area contributed by atoms with Gasteiger partial charge in [-0.15, -0.1) is 0 Å². The van der Waals surface area contributed by atoms with Gasteiger partial charge in [-0.2, -0.15) is 14.4 Å². The highest BCUT2D eigenvalue weighted by Gasteiger charge is 2.44. The van der Waals surface area contributed by atoms with Gasteiger partial charge in [-0.05, 0) is 11.6 Å². The molecule has 0 amide bonds. The van der Waals surface area contributed by atoms with Gasteiger partial charge in [0, 0.05) is 6.42 Å². The molecule has 4 rings (SSSR count). The van der Waals surface area contributed by atoms with Gasteiger partial charge < -0.3 is 20.7 Å². The average Bonchev–Trinajstić information content (AvgIpc) is 3.12. The number of nitrogens with zero attached hydrogens (tertiary/aromatic N) is 4. The molecule has 25 heavy (non-hydrogen) atoms. The molecule has 2 aromatic heterocycles. The topological polar surface area (TPSA) is 119 Å². The number of fused-ring (bicyclic) bond motifs is 1. The van der Waals surface area contributed by atoms with E-state index in [9.17, 15) is 14.6 Å². The Morgan fingerprint density at radius 1 is 1.24 bits per heavy atom. The van der Waals surface area contributed by atoms with E-state index in [2.05, 4.69) is 21.0 Å². The third-order valence-corrected chi connectivity index (χ3v) is 4.26. The van der Waals surface area contributed by atoms with Gasteiger partial charge in [0.1, 0.15) is 12.2 Å². The average molecular weight is 344 g/mol. The molecule has 9 heteroatoms. The molecule has 4 N–H and O–H groups in total. The minimum atomic E-state index is -1.23. The second kappa shape index (κ2) is 6.03. The summed E-state index contributed by atoms with van der Waals surface area (Å²) in [4.78, 5) is 11.1. The first kappa shape index (κ1) is 15.9. The molecular weight excluding hydrogens is 329 g/mol. The number of aromatic nitrogens is 4. The van der Waals surface area contributed by atoms with Gasteiger partial charge >= 0.3 is 6.08 Å². The van der Waals surface area contributed by atoms with Crippen LogP contribution in [0.1, 0.15) is 11.8 Å². The van der Waals surface area contributed by atoms with Crippen LogP contribution in [0, 0.1) is 12.1 Å². The summed E-state index contributed by atoms with van der Waals surface area (Å²) in [7, 11) is 0. The van der Waals surface area contributed by atoms with Crippen molar-refractivity contribution in [3.05, 3.63) is 48.3 Å². The number of hydrogen-bond donors (Lipinski definition) is 3. The molecule has 0 saturated carbocycles. The number of benzene rings is 1. The lowest BCUT2D eigenvalue weighted by Crippen LogP contribution is -2.32. The molecule has 0 aliphatic carbocycles. The Hall–Kier alpha value is -2.62. The molecule has 3 heterocycles. The highest BCUT2D eigenvalue weighted by molar-refractivity contribution is 5.81. The van der Waals surface area contributed by atoms with Crippen molar-refractivity contribution in [2.45, 2.75) is 31.0 Å². The summed E-state index contributed by atoms with van der Waals surface area (Å²) >= 11 is 0. The maximum atomic E-state index is 13.5. The molecule has 8 nitrogen and oxygen atoms in total. The van der Waals surface area contributed by atoms with Crippen LogP contribution >= 0.6 is 0 Å². The van der Waals surface area contributed by atoms with Crippen molar-refractivity contribution in [3.63, 3.8) is 0 Å². The number of rotatable bonds is 3. The van der Waals surface area contributed by atoms with E-state index in [1.807, 2.05) is 12.1 Å². The van der Waals surface area contributed by atoms with Crippen molar-refractivity contribution in [2.24, 2.45) is 0 Å². The van der Waals surface area contributed by atoms with E-state index in [4.69, 9.17) is 10.5 Å². The number of halogens is 1. The van der Waals surface area contributed by atoms with Crippen LogP contribution in [-0.4, -0.2) is 48.0 Å². The molecule has 1 fully saturated rings. The number of nitrogens with two attached hydrogens (primary N) is 1. The maximum Gasteiger partial charge on any atom is 0.312 e. The summed E-state index contributed by atoms with van der Waals surface area (Å²) in [5.74, 6) is -0.105. The molecular formula is C16H15FN5O3. The third-order valence-electron chi connectivity index (χ3n) is 4.26. The zero-order valence-corrected chi connectivity index (χ0v) is 13.0. The van der Waals surface area contributed by atoms with Crippen molar-refractivity contribution < 1.29 is 19.3 Å². The van der Waals surface area contributed by atoms with Gasteiger partial charge in [-0.1, -0.05) is 24.3 Å². The van der Waals surface area contributed by atoms with E-state index in [-0.39, 0.29) is 17.0 Å². The van der Waals surface area contributed by atoms with E-state index in [0.717, 1.165) is 5.56 Å². The molecule has 0 bridgehead atoms. The fourth-order valence-electron chi connectivity index (χ4n) is 3.01. The smallest absolute Gasteiger partial charge is 0.312 e. The Kier molecular flexibility index (Phi) is 3.83. The molecule has 1 unspecified atom stereocenters. The first-order valence-electron chi connectivity index (χ1n) is 7.66. The van der Waals surface area contributed by atoms with Gasteiger partial charge in [-0.25, -0.2) is 4.98 Å². The van der Waals surface area contributed by atoms with Crippen LogP contribution in [0.5, 0.6) is 0 Å². The zero-order chi connectivity index (χ0) is 17.6. The molecule has 1 aliphatic heterocycles. The predicted molar refractivity (Wildman–Crippen MR) is 84.6 cm³/mol. The molecule has 1 aliphatic rings. The third kappa shape index (κ3) is 2.72. The summed E-state index contributed by atoms with van der Waals surface area (Å²) in [5.41, 5.74) is 6.87. The highest BCUT2D eigenvalue weighted by atomic mass is 19.1. The molecule has 0 spiro atoms. The normalized spacial score (nSPS) is 26.4. The Balaban J connectivity index is 1.65. The molecule has 3 aromatic rings. The summed E-state index contributed by atoms with van der Waals surface area (Å²) in [6.07, 6.45) is -3.21. The monoisotopic (exact) mass is 344 g/mol.